The third kappa shape index (κ3) is 3.23. The monoisotopic (exact) mass is 303 g/mol. The molecular formula is C17H21NO4. The molecule has 0 aliphatic heterocycles. The Labute approximate surface area is 130 Å². The van der Waals surface area contributed by atoms with Crippen LogP contribution < -0.4 is 0 Å². The van der Waals surface area contributed by atoms with Crippen LogP contribution in [0.2, 0.25) is 0 Å². The minimum Gasteiger partial charge on any atom is -0.465 e. The molecule has 0 radical (unpaired) electrons. The summed E-state index contributed by atoms with van der Waals surface area (Å²) in [5.74, 6) is 5.29. The van der Waals surface area contributed by atoms with E-state index in [0.29, 0.717) is 36.8 Å². The maximum Gasteiger partial charge on any atom is 0.340 e. The van der Waals surface area contributed by atoms with Gasteiger partial charge in [0, 0.05) is 5.56 Å². The highest BCUT2D eigenvalue weighted by molar-refractivity contribution is 5.99. The molecule has 0 aromatic carbocycles. The van der Waals surface area contributed by atoms with Gasteiger partial charge in [0.25, 0.3) is 0 Å². The van der Waals surface area contributed by atoms with Crippen molar-refractivity contribution in [1.29, 1.82) is 0 Å². The molecule has 2 rings (SSSR count). The Hall–Kier alpha value is -2.06. The lowest BCUT2D eigenvalue weighted by atomic mass is 9.85. The number of hydrogen-bond acceptors (Lipinski definition) is 4. The third-order valence-corrected chi connectivity index (χ3v) is 4.09. The van der Waals surface area contributed by atoms with Crippen LogP contribution in [0.1, 0.15) is 71.1 Å². The maximum absolute atomic E-state index is 11.9. The first-order valence-electron chi connectivity index (χ1n) is 7.58. The van der Waals surface area contributed by atoms with Crippen LogP contribution in [0, 0.1) is 11.8 Å². The van der Waals surface area contributed by atoms with Crippen LogP contribution in [0.5, 0.6) is 0 Å². The van der Waals surface area contributed by atoms with Gasteiger partial charge in [0.15, 0.2) is 6.29 Å². The molecule has 0 amide bonds. The Bertz CT molecular complexity index is 627. The van der Waals surface area contributed by atoms with Crippen LogP contribution in [-0.2, 0) is 11.2 Å². The number of rotatable bonds is 3. The van der Waals surface area contributed by atoms with Gasteiger partial charge >= 0.3 is 5.97 Å². The molecule has 0 unspecified atom stereocenters. The molecule has 5 heteroatoms. The first kappa shape index (κ1) is 16.3. The standard InChI is InChI=1S/C17H21NO4/c1-3-12-13(7-10-17(21)8-5-4-6-9-17)18-14(11-19)15(12)16(20)22-2/h11,18,21H,3-6,8-9H2,1-2H3. The molecule has 0 bridgehead atoms. The number of methoxy groups -OCH3 is 1. The zero-order valence-electron chi connectivity index (χ0n) is 13.0. The van der Waals surface area contributed by atoms with E-state index in [2.05, 4.69) is 16.8 Å². The quantitative estimate of drug-likeness (QED) is 0.510. The summed E-state index contributed by atoms with van der Waals surface area (Å²) < 4.78 is 4.73. The summed E-state index contributed by atoms with van der Waals surface area (Å²) in [7, 11) is 1.28. The molecule has 1 aliphatic rings. The maximum atomic E-state index is 11.9. The summed E-state index contributed by atoms with van der Waals surface area (Å²) in [6, 6.07) is 0. The SMILES string of the molecule is CCc1c(C#CC2(O)CCCCC2)[nH]c(C=O)c1C(=O)OC. The van der Waals surface area contributed by atoms with Gasteiger partial charge in [0.1, 0.15) is 5.60 Å². The van der Waals surface area contributed by atoms with Crippen molar-refractivity contribution in [3.8, 4) is 11.8 Å². The van der Waals surface area contributed by atoms with Gasteiger partial charge in [-0.15, -0.1) is 0 Å². The number of carbonyl (C=O) groups is 2. The van der Waals surface area contributed by atoms with Crippen LogP contribution in [0.25, 0.3) is 0 Å². The Balaban J connectivity index is 2.42. The molecule has 22 heavy (non-hydrogen) atoms. The van der Waals surface area contributed by atoms with Crippen LogP contribution in [-0.4, -0.2) is 35.1 Å². The van der Waals surface area contributed by atoms with Crippen LogP contribution in [0.4, 0.5) is 0 Å². The fourth-order valence-electron chi connectivity index (χ4n) is 2.88. The second-order valence-electron chi connectivity index (χ2n) is 5.57. The summed E-state index contributed by atoms with van der Waals surface area (Å²) in [6.07, 6.45) is 5.49. The molecule has 5 nitrogen and oxygen atoms in total. The molecule has 0 atom stereocenters. The molecule has 0 spiro atoms. The van der Waals surface area contributed by atoms with Crippen molar-refractivity contribution < 1.29 is 19.4 Å². The molecule has 1 aliphatic carbocycles. The summed E-state index contributed by atoms with van der Waals surface area (Å²) >= 11 is 0. The van der Waals surface area contributed by atoms with Crippen molar-refractivity contribution in [2.75, 3.05) is 7.11 Å². The molecule has 0 saturated heterocycles. The Morgan fingerprint density at radius 2 is 2.09 bits per heavy atom. The Morgan fingerprint density at radius 3 is 2.64 bits per heavy atom. The number of aromatic amines is 1. The summed E-state index contributed by atoms with van der Waals surface area (Å²) in [5, 5.41) is 10.4. The number of aldehydes is 1. The fourth-order valence-corrected chi connectivity index (χ4v) is 2.88. The first-order valence-corrected chi connectivity index (χ1v) is 7.58. The number of esters is 1. The van der Waals surface area contributed by atoms with Crippen molar-refractivity contribution in [1.82, 2.24) is 4.98 Å². The molecule has 118 valence electrons. The van der Waals surface area contributed by atoms with Crippen molar-refractivity contribution >= 4 is 12.3 Å². The Morgan fingerprint density at radius 1 is 1.41 bits per heavy atom. The van der Waals surface area contributed by atoms with Crippen LogP contribution >= 0.6 is 0 Å². The zero-order valence-corrected chi connectivity index (χ0v) is 13.0. The van der Waals surface area contributed by atoms with E-state index >= 15 is 0 Å². The van der Waals surface area contributed by atoms with E-state index in [1.807, 2.05) is 6.92 Å². The average molecular weight is 303 g/mol. The third-order valence-electron chi connectivity index (χ3n) is 4.09. The predicted octanol–water partition coefficient (Wildman–Crippen LogP) is 2.22. The van der Waals surface area contributed by atoms with E-state index in [1.165, 1.54) is 7.11 Å². The minimum absolute atomic E-state index is 0.170. The second kappa shape index (κ2) is 6.80. The summed E-state index contributed by atoms with van der Waals surface area (Å²) in [5.41, 5.74) is 0.592. The predicted molar refractivity (Wildman–Crippen MR) is 81.8 cm³/mol. The summed E-state index contributed by atoms with van der Waals surface area (Å²) in [6.45, 7) is 1.88. The molecule has 1 aromatic heterocycles. The number of H-pyrrole nitrogens is 1. The van der Waals surface area contributed by atoms with E-state index in [-0.39, 0.29) is 11.3 Å². The zero-order chi connectivity index (χ0) is 16.2. The number of nitrogens with one attached hydrogen (secondary N) is 1. The van der Waals surface area contributed by atoms with E-state index < -0.39 is 11.6 Å². The van der Waals surface area contributed by atoms with Gasteiger partial charge in [-0.2, -0.15) is 0 Å². The lowest BCUT2D eigenvalue weighted by Gasteiger charge is -2.26. The van der Waals surface area contributed by atoms with Crippen molar-refractivity contribution in [2.45, 2.75) is 51.0 Å². The van der Waals surface area contributed by atoms with Gasteiger partial charge in [-0.25, -0.2) is 4.79 Å². The number of hydrogen-bond donors (Lipinski definition) is 2. The smallest absolute Gasteiger partial charge is 0.340 e. The van der Waals surface area contributed by atoms with E-state index in [0.717, 1.165) is 19.3 Å². The van der Waals surface area contributed by atoms with Crippen LogP contribution in [0.3, 0.4) is 0 Å². The topological polar surface area (TPSA) is 79.4 Å². The molecule has 1 fully saturated rings. The van der Waals surface area contributed by atoms with Gasteiger partial charge in [-0.3, -0.25) is 4.79 Å². The summed E-state index contributed by atoms with van der Waals surface area (Å²) in [4.78, 5) is 25.9. The van der Waals surface area contributed by atoms with E-state index in [4.69, 9.17) is 4.74 Å². The molecule has 1 aromatic rings. The van der Waals surface area contributed by atoms with E-state index in [9.17, 15) is 14.7 Å². The number of ether oxygens (including phenoxy) is 1. The first-order chi connectivity index (χ1) is 10.5. The average Bonchev–Trinajstić information content (AvgIpc) is 2.90. The van der Waals surface area contributed by atoms with E-state index in [1.54, 1.807) is 0 Å². The number of aromatic nitrogens is 1. The molecule has 2 N–H and O–H groups in total. The van der Waals surface area contributed by atoms with Gasteiger partial charge < -0.3 is 14.8 Å². The van der Waals surface area contributed by atoms with Crippen molar-refractivity contribution in [2.24, 2.45) is 0 Å². The number of aliphatic hydroxyl groups is 1. The molecule has 1 heterocycles. The van der Waals surface area contributed by atoms with Crippen LogP contribution in [0.15, 0.2) is 0 Å². The van der Waals surface area contributed by atoms with Gasteiger partial charge in [-0.1, -0.05) is 19.3 Å². The normalized spacial score (nSPS) is 16.5. The minimum atomic E-state index is -0.971. The van der Waals surface area contributed by atoms with Gasteiger partial charge in [0.2, 0.25) is 0 Å². The molecular weight excluding hydrogens is 282 g/mol. The highest BCUT2D eigenvalue weighted by Gasteiger charge is 2.27. The lowest BCUT2D eigenvalue weighted by Crippen LogP contribution is -2.29. The number of carbonyl (C=O) groups excluding carboxylic acids is 2. The van der Waals surface area contributed by atoms with Gasteiger partial charge in [-0.05, 0) is 38.0 Å². The second-order valence-corrected chi connectivity index (χ2v) is 5.57. The fraction of sp³-hybridized carbons (Fsp3) is 0.529. The Kier molecular flexibility index (Phi) is 5.04. The molecule has 1 saturated carbocycles. The lowest BCUT2D eigenvalue weighted by molar-refractivity contribution is 0.0595. The highest BCUT2D eigenvalue weighted by atomic mass is 16.5. The van der Waals surface area contributed by atoms with Crippen molar-refractivity contribution in [3.63, 3.8) is 0 Å². The van der Waals surface area contributed by atoms with Crippen molar-refractivity contribution in [3.05, 3.63) is 22.5 Å². The van der Waals surface area contributed by atoms with Gasteiger partial charge in [0.05, 0.1) is 24.1 Å². The highest BCUT2D eigenvalue weighted by Crippen LogP contribution is 2.27. The largest absolute Gasteiger partial charge is 0.465 e.